The molecule has 0 atom stereocenters. The van der Waals surface area contributed by atoms with Crippen molar-refractivity contribution in [1.82, 2.24) is 0 Å². The van der Waals surface area contributed by atoms with Crippen LogP contribution in [0, 0.1) is 0 Å². The van der Waals surface area contributed by atoms with Crippen molar-refractivity contribution in [2.24, 2.45) is 0 Å². The molecular formula is C40H24O. The molecule has 0 fully saturated rings. The number of rotatable bonds is 2. The van der Waals surface area contributed by atoms with Crippen LogP contribution in [0.15, 0.2) is 150 Å². The van der Waals surface area contributed by atoms with E-state index in [1.54, 1.807) is 48.5 Å². The van der Waals surface area contributed by atoms with E-state index >= 15 is 0 Å². The highest BCUT2D eigenvalue weighted by atomic mass is 16.3. The Morgan fingerprint density at radius 2 is 1.27 bits per heavy atom. The van der Waals surface area contributed by atoms with Gasteiger partial charge in [0, 0.05) is 16.2 Å². The third-order valence-electron chi connectivity index (χ3n) is 7.47. The summed E-state index contributed by atoms with van der Waals surface area (Å²) in [7, 11) is 0. The van der Waals surface area contributed by atoms with E-state index in [1.165, 1.54) is 0 Å². The molecule has 1 heteroatoms. The molecule has 9 aromatic rings. The molecule has 0 amide bonds. The van der Waals surface area contributed by atoms with Gasteiger partial charge in [0.2, 0.25) is 0 Å². The highest BCUT2D eigenvalue weighted by Crippen LogP contribution is 2.47. The summed E-state index contributed by atoms with van der Waals surface area (Å²) in [5.41, 5.74) is 0.643. The molecule has 0 aliphatic heterocycles. The van der Waals surface area contributed by atoms with Crippen LogP contribution in [0.2, 0.25) is 0 Å². The molecule has 41 heavy (non-hydrogen) atoms. The van der Waals surface area contributed by atoms with Crippen LogP contribution in [0.25, 0.3) is 87.3 Å². The molecule has 0 aliphatic rings. The summed E-state index contributed by atoms with van der Waals surface area (Å²) in [6.45, 7) is 0. The predicted octanol–water partition coefficient (Wildman–Crippen LogP) is 11.5. The fourth-order valence-electron chi connectivity index (χ4n) is 5.77. The summed E-state index contributed by atoms with van der Waals surface area (Å²) in [6.07, 6.45) is 0. The lowest BCUT2D eigenvalue weighted by atomic mass is 9.87. The Balaban J connectivity index is 1.63. The normalized spacial score (nSPS) is 17.4. The number of benzene rings is 8. The molecule has 0 N–H and O–H groups in total. The Hall–Kier alpha value is -5.40. The first-order valence-electron chi connectivity index (χ1n) is 20.8. The molecule has 1 aromatic heterocycles. The summed E-state index contributed by atoms with van der Waals surface area (Å²) in [6, 6.07) is 4.17. The van der Waals surface area contributed by atoms with Crippen LogP contribution in [0.5, 0.6) is 0 Å². The third-order valence-corrected chi connectivity index (χ3v) is 7.47. The SMILES string of the molecule is [2H]c1c([2H])c([2H])c(-c2cc3ccccc3c3oc4cccc(-c5c6c([2H])c([2H])c([2H])c([2H])c6c([2H])c6c5c([2H])c([2H])c5c([2H])c([2H])c([2H])c([2H])c56)c4c23)c([2H])c1[2H]. The Morgan fingerprint density at radius 3 is 2.17 bits per heavy atom. The van der Waals surface area contributed by atoms with Gasteiger partial charge in [-0.2, -0.15) is 0 Å². The van der Waals surface area contributed by atoms with Crippen LogP contribution >= 0.6 is 0 Å². The van der Waals surface area contributed by atoms with E-state index in [4.69, 9.17) is 22.2 Å². The minimum atomic E-state index is -0.667. The lowest BCUT2D eigenvalue weighted by Gasteiger charge is -2.15. The van der Waals surface area contributed by atoms with Crippen molar-refractivity contribution in [3.63, 3.8) is 0 Å². The zero-order valence-corrected chi connectivity index (χ0v) is 21.0. The Morgan fingerprint density at radius 1 is 0.488 bits per heavy atom. The zero-order chi connectivity index (χ0) is 40.8. The molecule has 0 bridgehead atoms. The summed E-state index contributed by atoms with van der Waals surface area (Å²) < 4.78 is 148. The van der Waals surface area contributed by atoms with Gasteiger partial charge < -0.3 is 4.42 Å². The van der Waals surface area contributed by atoms with E-state index in [9.17, 15) is 4.11 Å². The van der Waals surface area contributed by atoms with Crippen LogP contribution in [-0.4, -0.2) is 0 Å². The van der Waals surface area contributed by atoms with Crippen molar-refractivity contribution in [3.05, 3.63) is 145 Å². The highest BCUT2D eigenvalue weighted by Gasteiger charge is 2.21. The molecule has 190 valence electrons. The van der Waals surface area contributed by atoms with Crippen molar-refractivity contribution >= 4 is 65.0 Å². The molecule has 0 spiro atoms. The first-order valence-corrected chi connectivity index (χ1v) is 12.8. The third kappa shape index (κ3) is 3.24. The number of furan rings is 1. The van der Waals surface area contributed by atoms with Gasteiger partial charge in [0.05, 0.1) is 21.9 Å². The Labute approximate surface area is 259 Å². The average Bonchev–Trinajstić information content (AvgIpc) is 3.61. The largest absolute Gasteiger partial charge is 0.455 e. The van der Waals surface area contributed by atoms with E-state index in [2.05, 4.69) is 0 Å². The van der Waals surface area contributed by atoms with Gasteiger partial charge in [-0.1, -0.05) is 127 Å². The van der Waals surface area contributed by atoms with Gasteiger partial charge >= 0.3 is 0 Å². The highest BCUT2D eigenvalue weighted by molar-refractivity contribution is 6.28. The quantitative estimate of drug-likeness (QED) is 0.158. The van der Waals surface area contributed by atoms with Gasteiger partial charge in [0.15, 0.2) is 0 Å². The Kier molecular flexibility index (Phi) is 2.50. The van der Waals surface area contributed by atoms with Crippen molar-refractivity contribution in [2.75, 3.05) is 0 Å². The van der Waals surface area contributed by atoms with Gasteiger partial charge in [-0.25, -0.2) is 0 Å². The van der Waals surface area contributed by atoms with Crippen LogP contribution in [-0.2, 0) is 0 Å². The van der Waals surface area contributed by atoms with Gasteiger partial charge in [0.25, 0.3) is 0 Å². The Bertz CT molecular complexity index is 3340. The molecule has 1 nitrogen and oxygen atoms in total. The summed E-state index contributed by atoms with van der Waals surface area (Å²) in [5.74, 6) is 0. The maximum absolute atomic E-state index is 9.49. The predicted molar refractivity (Wildman–Crippen MR) is 175 cm³/mol. The fourth-order valence-corrected chi connectivity index (χ4v) is 5.77. The lowest BCUT2D eigenvalue weighted by Crippen LogP contribution is -1.89. The first-order chi connectivity index (χ1) is 27.0. The first kappa shape index (κ1) is 12.0. The van der Waals surface area contributed by atoms with E-state index in [0.717, 1.165) is 0 Å². The monoisotopic (exact) mass is 536 g/mol. The topological polar surface area (TPSA) is 13.1 Å². The second-order valence-electron chi connectivity index (χ2n) is 9.63. The number of hydrogen-bond donors (Lipinski definition) is 0. The second kappa shape index (κ2) is 8.55. The zero-order valence-electron chi connectivity index (χ0n) is 37.0. The second-order valence-corrected chi connectivity index (χ2v) is 9.63. The molecule has 8 aromatic carbocycles. The maximum atomic E-state index is 9.49. The molecule has 0 saturated heterocycles. The molecular weight excluding hydrogens is 496 g/mol. The average molecular weight is 537 g/mol. The van der Waals surface area contributed by atoms with Crippen LogP contribution in [0.1, 0.15) is 21.9 Å². The van der Waals surface area contributed by atoms with Crippen LogP contribution < -0.4 is 0 Å². The fraction of sp³-hybridized carbons (Fsp3) is 0. The van der Waals surface area contributed by atoms with Crippen molar-refractivity contribution in [3.8, 4) is 22.3 Å². The van der Waals surface area contributed by atoms with E-state index < -0.39 is 96.7 Å². The standard InChI is InChI=1S/C40H24O/c1-2-11-25(12-3-1)34-23-28-15-6-9-18-31(28)40-39(34)38-33(19-10-20-36(38)41-40)37-30-17-8-5-14-27(30)24-35-29-16-7-4-13-26(29)21-22-32(35)37/h1-24H/i1D,2D,3D,4D,5D,7D,8D,11D,12D,13D,14D,16D,17D,21D,22D,24D. The van der Waals surface area contributed by atoms with E-state index in [0.29, 0.717) is 10.8 Å². The smallest absolute Gasteiger partial charge is 0.143 e. The minimum absolute atomic E-state index is 0.0516. The van der Waals surface area contributed by atoms with Crippen molar-refractivity contribution < 1.29 is 26.3 Å². The van der Waals surface area contributed by atoms with E-state index in [-0.39, 0.29) is 76.5 Å². The number of fused-ring (bicyclic) bond motifs is 9. The van der Waals surface area contributed by atoms with Crippen LogP contribution in [0.3, 0.4) is 0 Å². The summed E-state index contributed by atoms with van der Waals surface area (Å²) in [5, 5.41) is 0.230. The molecule has 0 unspecified atom stereocenters. The van der Waals surface area contributed by atoms with Gasteiger partial charge in [-0.15, -0.1) is 0 Å². The summed E-state index contributed by atoms with van der Waals surface area (Å²) in [4.78, 5) is 0. The molecule has 9 rings (SSSR count). The molecule has 1 heterocycles. The van der Waals surface area contributed by atoms with Crippen molar-refractivity contribution in [1.29, 1.82) is 0 Å². The molecule has 0 radical (unpaired) electrons. The molecule has 0 aliphatic carbocycles. The van der Waals surface area contributed by atoms with E-state index in [1.807, 2.05) is 0 Å². The van der Waals surface area contributed by atoms with Crippen LogP contribution in [0.4, 0.5) is 0 Å². The lowest BCUT2D eigenvalue weighted by molar-refractivity contribution is 0.673. The summed E-state index contributed by atoms with van der Waals surface area (Å²) >= 11 is 0. The number of hydrogen-bond acceptors (Lipinski definition) is 1. The minimum Gasteiger partial charge on any atom is -0.455 e. The molecule has 0 saturated carbocycles. The van der Waals surface area contributed by atoms with Gasteiger partial charge in [-0.05, 0) is 78.1 Å². The van der Waals surface area contributed by atoms with Gasteiger partial charge in [0.1, 0.15) is 11.2 Å². The van der Waals surface area contributed by atoms with Crippen molar-refractivity contribution in [2.45, 2.75) is 0 Å². The van der Waals surface area contributed by atoms with Gasteiger partial charge in [-0.3, -0.25) is 0 Å². The maximum Gasteiger partial charge on any atom is 0.143 e.